The predicted molar refractivity (Wildman–Crippen MR) is 72.3 cm³/mol. The van der Waals surface area contributed by atoms with E-state index in [-0.39, 0.29) is 11.3 Å². The van der Waals surface area contributed by atoms with Gasteiger partial charge in [0, 0.05) is 23.1 Å². The summed E-state index contributed by atoms with van der Waals surface area (Å²) in [4.78, 5) is 15.2. The third-order valence-corrected chi connectivity index (χ3v) is 3.87. The van der Waals surface area contributed by atoms with Crippen LogP contribution in [0.2, 0.25) is 0 Å². The van der Waals surface area contributed by atoms with Gasteiger partial charge in [-0.1, -0.05) is 32.0 Å². The summed E-state index contributed by atoms with van der Waals surface area (Å²) in [5, 5.41) is 4.24. The second kappa shape index (κ2) is 3.87. The number of aromatic nitrogens is 1. The molecule has 1 aliphatic carbocycles. The van der Waals surface area contributed by atoms with Crippen molar-refractivity contribution in [3.8, 4) is 0 Å². The number of para-hydroxylation sites is 1. The van der Waals surface area contributed by atoms with E-state index in [0.717, 1.165) is 22.9 Å². The van der Waals surface area contributed by atoms with Gasteiger partial charge in [-0.05, 0) is 23.5 Å². The van der Waals surface area contributed by atoms with E-state index >= 15 is 0 Å². The van der Waals surface area contributed by atoms with Gasteiger partial charge in [0.15, 0.2) is 0 Å². The van der Waals surface area contributed by atoms with E-state index in [2.05, 4.69) is 30.2 Å². The number of amides is 1. The average molecular weight is 242 g/mol. The number of hydrogen-bond donors (Lipinski definition) is 2. The Bertz CT molecular complexity index is 597. The highest BCUT2D eigenvalue weighted by Gasteiger charge is 2.46. The van der Waals surface area contributed by atoms with Gasteiger partial charge in [0.1, 0.15) is 0 Å². The van der Waals surface area contributed by atoms with E-state index in [1.165, 1.54) is 0 Å². The van der Waals surface area contributed by atoms with Crippen LogP contribution in [0.15, 0.2) is 30.5 Å². The second-order valence-corrected chi connectivity index (χ2v) is 5.85. The summed E-state index contributed by atoms with van der Waals surface area (Å²) in [7, 11) is 0. The summed E-state index contributed by atoms with van der Waals surface area (Å²) < 4.78 is 0. The van der Waals surface area contributed by atoms with Crippen LogP contribution in [0.4, 0.5) is 0 Å². The maximum absolute atomic E-state index is 12.0. The van der Waals surface area contributed by atoms with Gasteiger partial charge in [0.05, 0.1) is 6.42 Å². The van der Waals surface area contributed by atoms with E-state index in [4.69, 9.17) is 0 Å². The number of hydrogen-bond acceptors (Lipinski definition) is 1. The normalized spacial score (nSPS) is 20.9. The number of carbonyl (C=O) groups excluding carboxylic acids is 1. The lowest BCUT2D eigenvalue weighted by molar-refractivity contribution is -0.120. The molecule has 1 aromatic heterocycles. The molecule has 94 valence electrons. The maximum Gasteiger partial charge on any atom is 0.224 e. The van der Waals surface area contributed by atoms with Crippen LogP contribution in [0.25, 0.3) is 10.9 Å². The van der Waals surface area contributed by atoms with Gasteiger partial charge in [-0.25, -0.2) is 0 Å². The molecule has 1 unspecified atom stereocenters. The van der Waals surface area contributed by atoms with E-state index in [1.807, 2.05) is 24.4 Å². The molecular weight excluding hydrogens is 224 g/mol. The first-order valence-electron chi connectivity index (χ1n) is 6.41. The molecule has 0 saturated heterocycles. The molecule has 0 aliphatic heterocycles. The Morgan fingerprint density at radius 3 is 2.89 bits per heavy atom. The minimum Gasteiger partial charge on any atom is -0.361 e. The van der Waals surface area contributed by atoms with Crippen molar-refractivity contribution in [3.05, 3.63) is 36.0 Å². The predicted octanol–water partition coefficient (Wildman–Crippen LogP) is 2.63. The van der Waals surface area contributed by atoms with Crippen molar-refractivity contribution in [1.82, 2.24) is 10.3 Å². The largest absolute Gasteiger partial charge is 0.361 e. The Kier molecular flexibility index (Phi) is 2.44. The monoisotopic (exact) mass is 242 g/mol. The zero-order valence-electron chi connectivity index (χ0n) is 10.8. The second-order valence-electron chi connectivity index (χ2n) is 5.85. The Morgan fingerprint density at radius 2 is 2.17 bits per heavy atom. The zero-order chi connectivity index (χ0) is 12.8. The summed E-state index contributed by atoms with van der Waals surface area (Å²) in [5.41, 5.74) is 2.45. The molecule has 0 bridgehead atoms. The summed E-state index contributed by atoms with van der Waals surface area (Å²) in [6, 6.07) is 8.43. The summed E-state index contributed by atoms with van der Waals surface area (Å²) >= 11 is 0. The van der Waals surface area contributed by atoms with Crippen molar-refractivity contribution >= 4 is 16.8 Å². The van der Waals surface area contributed by atoms with Gasteiger partial charge in [-0.3, -0.25) is 4.79 Å². The van der Waals surface area contributed by atoms with Gasteiger partial charge in [-0.2, -0.15) is 0 Å². The number of nitrogens with one attached hydrogen (secondary N) is 2. The molecule has 2 N–H and O–H groups in total. The van der Waals surface area contributed by atoms with Crippen LogP contribution in [-0.4, -0.2) is 16.9 Å². The van der Waals surface area contributed by atoms with Crippen molar-refractivity contribution < 1.29 is 4.79 Å². The van der Waals surface area contributed by atoms with Crippen LogP contribution < -0.4 is 5.32 Å². The summed E-state index contributed by atoms with van der Waals surface area (Å²) in [6.07, 6.45) is 3.48. The smallest absolute Gasteiger partial charge is 0.224 e. The fourth-order valence-corrected chi connectivity index (χ4v) is 2.41. The molecule has 1 aliphatic rings. The van der Waals surface area contributed by atoms with Gasteiger partial charge < -0.3 is 10.3 Å². The number of aromatic amines is 1. The molecule has 3 nitrogen and oxygen atoms in total. The number of fused-ring (bicyclic) bond motifs is 1. The molecule has 1 heterocycles. The highest BCUT2D eigenvalue weighted by Crippen LogP contribution is 2.44. The first-order chi connectivity index (χ1) is 8.56. The number of benzene rings is 1. The van der Waals surface area contributed by atoms with Crippen molar-refractivity contribution in [2.75, 3.05) is 0 Å². The highest BCUT2D eigenvalue weighted by molar-refractivity contribution is 5.89. The summed E-state index contributed by atoms with van der Waals surface area (Å²) in [5.74, 6) is 0.121. The lowest BCUT2D eigenvalue weighted by Crippen LogP contribution is -2.29. The van der Waals surface area contributed by atoms with E-state index < -0.39 is 0 Å². The van der Waals surface area contributed by atoms with Gasteiger partial charge in [-0.15, -0.1) is 0 Å². The summed E-state index contributed by atoms with van der Waals surface area (Å²) in [6.45, 7) is 4.37. The van der Waals surface area contributed by atoms with Crippen LogP contribution in [0.1, 0.15) is 25.8 Å². The van der Waals surface area contributed by atoms with Crippen LogP contribution in [-0.2, 0) is 11.2 Å². The third kappa shape index (κ3) is 2.01. The van der Waals surface area contributed by atoms with Gasteiger partial charge >= 0.3 is 0 Å². The molecule has 1 fully saturated rings. The van der Waals surface area contributed by atoms with Crippen LogP contribution in [0, 0.1) is 5.41 Å². The number of carbonyl (C=O) groups is 1. The fraction of sp³-hybridized carbons (Fsp3) is 0.400. The average Bonchev–Trinajstić information content (AvgIpc) is 2.73. The van der Waals surface area contributed by atoms with Crippen molar-refractivity contribution in [3.63, 3.8) is 0 Å². The molecule has 0 spiro atoms. The molecule has 3 heteroatoms. The fourth-order valence-electron chi connectivity index (χ4n) is 2.41. The van der Waals surface area contributed by atoms with E-state index in [0.29, 0.717) is 12.5 Å². The topological polar surface area (TPSA) is 44.9 Å². The number of rotatable bonds is 3. The minimum absolute atomic E-state index is 0.121. The van der Waals surface area contributed by atoms with Crippen LogP contribution >= 0.6 is 0 Å². The molecule has 2 aromatic rings. The van der Waals surface area contributed by atoms with Crippen LogP contribution in [0.3, 0.4) is 0 Å². The van der Waals surface area contributed by atoms with Gasteiger partial charge in [0.2, 0.25) is 5.91 Å². The van der Waals surface area contributed by atoms with Gasteiger partial charge in [0.25, 0.3) is 0 Å². The third-order valence-electron chi connectivity index (χ3n) is 3.87. The van der Waals surface area contributed by atoms with Crippen molar-refractivity contribution in [2.24, 2.45) is 5.41 Å². The maximum atomic E-state index is 12.0. The standard InChI is InChI=1S/C15H18N2O/c1-15(2)8-13(15)17-14(18)7-10-9-16-12-6-4-3-5-11(10)12/h3-6,9,13,16H,7-8H2,1-2H3,(H,17,18). The Hall–Kier alpha value is -1.77. The lowest BCUT2D eigenvalue weighted by atomic mass is 10.1. The van der Waals surface area contributed by atoms with Crippen molar-refractivity contribution in [2.45, 2.75) is 32.7 Å². The van der Waals surface area contributed by atoms with E-state index in [1.54, 1.807) is 0 Å². The molecule has 1 saturated carbocycles. The zero-order valence-corrected chi connectivity index (χ0v) is 10.8. The molecule has 1 amide bonds. The van der Waals surface area contributed by atoms with Crippen LogP contribution in [0.5, 0.6) is 0 Å². The molecular formula is C15H18N2O. The highest BCUT2D eigenvalue weighted by atomic mass is 16.1. The Morgan fingerprint density at radius 1 is 1.44 bits per heavy atom. The SMILES string of the molecule is CC1(C)CC1NC(=O)Cc1c[nH]c2ccccc12. The van der Waals surface area contributed by atoms with Crippen molar-refractivity contribution in [1.29, 1.82) is 0 Å². The van der Waals surface area contributed by atoms with E-state index in [9.17, 15) is 4.79 Å². The molecule has 1 atom stereocenters. The molecule has 1 aromatic carbocycles. The Balaban J connectivity index is 1.71. The Labute approximate surface area is 107 Å². The molecule has 18 heavy (non-hydrogen) atoms. The first kappa shape index (κ1) is 11.3. The first-order valence-corrected chi connectivity index (χ1v) is 6.41. The quantitative estimate of drug-likeness (QED) is 0.853. The minimum atomic E-state index is 0.121. The number of H-pyrrole nitrogens is 1. The molecule has 3 rings (SSSR count). The molecule has 0 radical (unpaired) electrons. The lowest BCUT2D eigenvalue weighted by Gasteiger charge is -2.06.